The first-order chi connectivity index (χ1) is 7.38. The summed E-state index contributed by atoms with van der Waals surface area (Å²) in [5.41, 5.74) is 2.95. The smallest absolute Gasteiger partial charge is 0.150 e. The molecule has 0 N–H and O–H groups in total. The highest BCUT2D eigenvalue weighted by Crippen LogP contribution is 2.11. The maximum atomic E-state index is 10.6. The number of aldehydes is 1. The monoisotopic (exact) mass is 214 g/mol. The van der Waals surface area contributed by atoms with Crippen molar-refractivity contribution in [2.45, 2.75) is 0 Å². The summed E-state index contributed by atoms with van der Waals surface area (Å²) in [4.78, 5) is 10.6. The van der Waals surface area contributed by atoms with E-state index in [-0.39, 0.29) is 0 Å². The van der Waals surface area contributed by atoms with Crippen LogP contribution in [0.5, 0.6) is 0 Å². The molecule has 74 valence electrons. The van der Waals surface area contributed by atoms with Gasteiger partial charge in [-0.1, -0.05) is 30.4 Å². The summed E-state index contributed by atoms with van der Waals surface area (Å²) in [5.74, 6) is 0. The number of hydrogen-bond donors (Lipinski definition) is 0. The molecule has 0 unspecified atom stereocenters. The predicted octanol–water partition coefficient (Wildman–Crippen LogP) is 3.73. The number of thiophene rings is 1. The molecular weight excluding hydrogens is 204 g/mol. The van der Waals surface area contributed by atoms with Gasteiger partial charge in [-0.15, -0.1) is 0 Å². The Morgan fingerprint density at radius 2 is 1.80 bits per heavy atom. The van der Waals surface area contributed by atoms with Crippen molar-refractivity contribution < 1.29 is 4.79 Å². The van der Waals surface area contributed by atoms with Gasteiger partial charge in [-0.25, -0.2) is 0 Å². The summed E-state index contributed by atoms with van der Waals surface area (Å²) in [7, 11) is 0. The Balaban J connectivity index is 2.20. The van der Waals surface area contributed by atoms with Gasteiger partial charge in [0.1, 0.15) is 6.29 Å². The first kappa shape index (κ1) is 9.87. The zero-order valence-electron chi connectivity index (χ0n) is 8.09. The number of carbonyl (C=O) groups excluding carboxylic acids is 1. The lowest BCUT2D eigenvalue weighted by molar-refractivity contribution is 0.112. The molecule has 0 atom stereocenters. The molecule has 15 heavy (non-hydrogen) atoms. The molecule has 2 aromatic rings. The fourth-order valence-corrected chi connectivity index (χ4v) is 1.93. The summed E-state index contributed by atoms with van der Waals surface area (Å²) in [6.07, 6.45) is 4.91. The van der Waals surface area contributed by atoms with E-state index < -0.39 is 0 Å². The second-order valence-electron chi connectivity index (χ2n) is 3.18. The van der Waals surface area contributed by atoms with Crippen molar-refractivity contribution in [2.75, 3.05) is 0 Å². The molecule has 2 rings (SSSR count). The maximum Gasteiger partial charge on any atom is 0.150 e. The summed E-state index contributed by atoms with van der Waals surface area (Å²) in [6, 6.07) is 9.60. The molecule has 0 aliphatic heterocycles. The van der Waals surface area contributed by atoms with Gasteiger partial charge in [0.2, 0.25) is 0 Å². The highest BCUT2D eigenvalue weighted by Gasteiger charge is 1.91. The van der Waals surface area contributed by atoms with Crippen molar-refractivity contribution >= 4 is 29.8 Å². The van der Waals surface area contributed by atoms with Crippen LogP contribution < -0.4 is 0 Å². The standard InChI is InChI=1S/C13H10OS/c14-9-13-3-1-2-11(8-13)4-5-12-6-7-15-10-12/h1-10H/b5-4+. The lowest BCUT2D eigenvalue weighted by atomic mass is 10.1. The zero-order chi connectivity index (χ0) is 10.5. The van der Waals surface area contributed by atoms with E-state index in [9.17, 15) is 4.79 Å². The summed E-state index contributed by atoms with van der Waals surface area (Å²) in [5, 5.41) is 4.13. The van der Waals surface area contributed by atoms with Crippen molar-refractivity contribution in [3.63, 3.8) is 0 Å². The molecule has 0 amide bonds. The van der Waals surface area contributed by atoms with E-state index in [1.54, 1.807) is 17.4 Å². The Morgan fingerprint density at radius 3 is 2.53 bits per heavy atom. The fourth-order valence-electron chi connectivity index (χ4n) is 1.30. The van der Waals surface area contributed by atoms with Crippen molar-refractivity contribution in [2.24, 2.45) is 0 Å². The van der Waals surface area contributed by atoms with Gasteiger partial charge in [0.05, 0.1) is 0 Å². The molecule has 0 saturated heterocycles. The van der Waals surface area contributed by atoms with Crippen LogP contribution in [-0.4, -0.2) is 6.29 Å². The molecule has 1 aromatic heterocycles. The van der Waals surface area contributed by atoms with Crippen LogP contribution in [0.1, 0.15) is 21.5 Å². The Labute approximate surface area is 92.7 Å². The Kier molecular flexibility index (Phi) is 3.10. The first-order valence-corrected chi connectivity index (χ1v) is 5.58. The molecule has 1 heterocycles. The molecule has 2 heteroatoms. The molecule has 0 radical (unpaired) electrons. The number of carbonyl (C=O) groups is 1. The van der Waals surface area contributed by atoms with E-state index in [1.165, 1.54) is 5.56 Å². The third kappa shape index (κ3) is 2.64. The van der Waals surface area contributed by atoms with Gasteiger partial charge in [-0.05, 0) is 34.0 Å². The van der Waals surface area contributed by atoms with Crippen LogP contribution in [0.25, 0.3) is 12.2 Å². The Bertz CT molecular complexity index is 469. The highest BCUT2D eigenvalue weighted by atomic mass is 32.1. The molecule has 1 nitrogen and oxygen atoms in total. The van der Waals surface area contributed by atoms with Crippen molar-refractivity contribution in [1.29, 1.82) is 0 Å². The highest BCUT2D eigenvalue weighted by molar-refractivity contribution is 7.08. The van der Waals surface area contributed by atoms with E-state index in [0.29, 0.717) is 5.56 Å². The van der Waals surface area contributed by atoms with Crippen LogP contribution in [0.15, 0.2) is 41.1 Å². The molecule has 0 bridgehead atoms. The second-order valence-corrected chi connectivity index (χ2v) is 3.96. The fraction of sp³-hybridized carbons (Fsp3) is 0. The average Bonchev–Trinajstić information content (AvgIpc) is 2.79. The van der Waals surface area contributed by atoms with Gasteiger partial charge in [0, 0.05) is 5.56 Å². The number of hydrogen-bond acceptors (Lipinski definition) is 2. The first-order valence-electron chi connectivity index (χ1n) is 4.64. The average molecular weight is 214 g/mol. The lowest BCUT2D eigenvalue weighted by Gasteiger charge is -1.93. The van der Waals surface area contributed by atoms with Gasteiger partial charge in [-0.2, -0.15) is 11.3 Å². The minimum absolute atomic E-state index is 0.711. The van der Waals surface area contributed by atoms with Crippen molar-refractivity contribution in [3.8, 4) is 0 Å². The zero-order valence-corrected chi connectivity index (χ0v) is 8.91. The van der Waals surface area contributed by atoms with E-state index in [1.807, 2.05) is 35.7 Å². The van der Waals surface area contributed by atoms with Gasteiger partial charge in [-0.3, -0.25) is 4.79 Å². The van der Waals surface area contributed by atoms with Crippen molar-refractivity contribution in [1.82, 2.24) is 0 Å². The predicted molar refractivity (Wildman–Crippen MR) is 65.1 cm³/mol. The lowest BCUT2D eigenvalue weighted by Crippen LogP contribution is -1.79. The summed E-state index contributed by atoms with van der Waals surface area (Å²) >= 11 is 1.67. The normalized spacial score (nSPS) is 10.7. The van der Waals surface area contributed by atoms with E-state index in [4.69, 9.17) is 0 Å². The molecule has 0 fully saturated rings. The minimum Gasteiger partial charge on any atom is -0.298 e. The molecule has 0 aliphatic carbocycles. The quantitative estimate of drug-likeness (QED) is 0.711. The second kappa shape index (κ2) is 4.71. The van der Waals surface area contributed by atoms with Crippen LogP contribution >= 0.6 is 11.3 Å². The third-order valence-electron chi connectivity index (χ3n) is 2.06. The SMILES string of the molecule is O=Cc1cccc(/C=C/c2ccsc2)c1. The third-order valence-corrected chi connectivity index (χ3v) is 2.76. The Hall–Kier alpha value is -1.67. The van der Waals surface area contributed by atoms with Crippen LogP contribution in [0.2, 0.25) is 0 Å². The minimum atomic E-state index is 0.711. The summed E-state index contributed by atoms with van der Waals surface area (Å²) < 4.78 is 0. The van der Waals surface area contributed by atoms with Gasteiger partial charge in [0.15, 0.2) is 0 Å². The molecule has 1 aromatic carbocycles. The van der Waals surface area contributed by atoms with Gasteiger partial charge < -0.3 is 0 Å². The molecular formula is C13H10OS. The number of rotatable bonds is 3. The molecule has 0 aliphatic rings. The van der Waals surface area contributed by atoms with E-state index in [0.717, 1.165) is 11.8 Å². The van der Waals surface area contributed by atoms with Crippen LogP contribution in [0.3, 0.4) is 0 Å². The molecule has 0 spiro atoms. The van der Waals surface area contributed by atoms with Crippen LogP contribution in [0, 0.1) is 0 Å². The van der Waals surface area contributed by atoms with Crippen LogP contribution in [-0.2, 0) is 0 Å². The largest absolute Gasteiger partial charge is 0.298 e. The van der Waals surface area contributed by atoms with Gasteiger partial charge >= 0.3 is 0 Å². The number of benzene rings is 1. The van der Waals surface area contributed by atoms with Crippen LogP contribution in [0.4, 0.5) is 0 Å². The van der Waals surface area contributed by atoms with Crippen molar-refractivity contribution in [3.05, 3.63) is 57.8 Å². The summed E-state index contributed by atoms with van der Waals surface area (Å²) in [6.45, 7) is 0. The van der Waals surface area contributed by atoms with E-state index >= 15 is 0 Å². The molecule has 0 saturated carbocycles. The Morgan fingerprint density at radius 1 is 1.00 bits per heavy atom. The van der Waals surface area contributed by atoms with E-state index in [2.05, 4.69) is 11.4 Å². The topological polar surface area (TPSA) is 17.1 Å². The maximum absolute atomic E-state index is 10.6. The van der Waals surface area contributed by atoms with Gasteiger partial charge in [0.25, 0.3) is 0 Å².